The van der Waals surface area contributed by atoms with Crippen LogP contribution in [0.2, 0.25) is 0 Å². The van der Waals surface area contributed by atoms with Gasteiger partial charge in [-0.15, -0.1) is 0 Å². The zero-order chi connectivity index (χ0) is 12.9. The van der Waals surface area contributed by atoms with Crippen molar-refractivity contribution < 1.29 is 15.0 Å². The van der Waals surface area contributed by atoms with Gasteiger partial charge in [-0.05, 0) is 19.8 Å². The lowest BCUT2D eigenvalue weighted by molar-refractivity contribution is -0.125. The molecule has 0 saturated heterocycles. The number of carbonyl (C=O) groups excluding carboxylic acids is 1. The van der Waals surface area contributed by atoms with E-state index in [1.165, 1.54) is 6.42 Å². The minimum absolute atomic E-state index is 0.194. The van der Waals surface area contributed by atoms with Crippen LogP contribution in [-0.2, 0) is 4.79 Å². The highest BCUT2D eigenvalue weighted by molar-refractivity contribution is 5.78. The van der Waals surface area contributed by atoms with Crippen LogP contribution in [0.3, 0.4) is 0 Å². The van der Waals surface area contributed by atoms with E-state index in [1.807, 2.05) is 0 Å². The molecule has 0 bridgehead atoms. The van der Waals surface area contributed by atoms with Gasteiger partial charge in [-0.3, -0.25) is 4.79 Å². The summed E-state index contributed by atoms with van der Waals surface area (Å²) in [6, 6.07) is 0. The van der Waals surface area contributed by atoms with Gasteiger partial charge < -0.3 is 21.3 Å². The van der Waals surface area contributed by atoms with E-state index in [1.54, 1.807) is 6.92 Å². The molecule has 1 aliphatic rings. The molecular formula is C12H24N2O3. The highest BCUT2D eigenvalue weighted by atomic mass is 16.3. The summed E-state index contributed by atoms with van der Waals surface area (Å²) in [5.41, 5.74) is 4.81. The number of amides is 1. The van der Waals surface area contributed by atoms with Crippen molar-refractivity contribution in [1.82, 2.24) is 5.32 Å². The molecule has 0 spiro atoms. The third-order valence-corrected chi connectivity index (χ3v) is 3.50. The Morgan fingerprint density at radius 2 is 1.82 bits per heavy atom. The SMILES string of the molecule is CC(CO)(CO)NC(=O)CC1(N)CCCCC1. The standard InChI is InChI=1S/C12H24N2O3/c1-11(8-15,9-16)14-10(17)7-12(13)5-3-2-4-6-12/h15-16H,2-9,13H2,1H3,(H,14,17). The summed E-state index contributed by atoms with van der Waals surface area (Å²) >= 11 is 0. The van der Waals surface area contributed by atoms with Gasteiger partial charge in [0.05, 0.1) is 18.8 Å². The molecule has 0 unspecified atom stereocenters. The molecule has 0 aromatic heterocycles. The van der Waals surface area contributed by atoms with Gasteiger partial charge in [-0.1, -0.05) is 19.3 Å². The van der Waals surface area contributed by atoms with E-state index < -0.39 is 11.1 Å². The van der Waals surface area contributed by atoms with Crippen LogP contribution >= 0.6 is 0 Å². The van der Waals surface area contributed by atoms with E-state index in [4.69, 9.17) is 15.9 Å². The fraction of sp³-hybridized carbons (Fsp3) is 0.917. The molecule has 1 amide bonds. The van der Waals surface area contributed by atoms with Crippen molar-refractivity contribution in [2.24, 2.45) is 5.73 Å². The Morgan fingerprint density at radius 1 is 1.29 bits per heavy atom. The Morgan fingerprint density at radius 3 is 2.29 bits per heavy atom. The maximum absolute atomic E-state index is 11.8. The third-order valence-electron chi connectivity index (χ3n) is 3.50. The van der Waals surface area contributed by atoms with Crippen LogP contribution in [0.4, 0.5) is 0 Å². The lowest BCUT2D eigenvalue weighted by Gasteiger charge is -2.34. The molecule has 0 aliphatic heterocycles. The minimum Gasteiger partial charge on any atom is -0.394 e. The van der Waals surface area contributed by atoms with Gasteiger partial charge in [-0.25, -0.2) is 0 Å². The Bertz CT molecular complexity index is 258. The number of hydrogen-bond donors (Lipinski definition) is 4. The zero-order valence-electron chi connectivity index (χ0n) is 10.5. The third kappa shape index (κ3) is 4.26. The fourth-order valence-corrected chi connectivity index (χ4v) is 2.26. The number of nitrogens with one attached hydrogen (secondary N) is 1. The first-order chi connectivity index (χ1) is 7.93. The maximum Gasteiger partial charge on any atom is 0.222 e. The molecule has 0 aromatic rings. The van der Waals surface area contributed by atoms with Gasteiger partial charge in [0.2, 0.25) is 5.91 Å². The molecule has 1 rings (SSSR count). The lowest BCUT2D eigenvalue weighted by atomic mass is 9.80. The van der Waals surface area contributed by atoms with Crippen LogP contribution in [-0.4, -0.2) is 40.4 Å². The van der Waals surface area contributed by atoms with Gasteiger partial charge in [0.25, 0.3) is 0 Å². The summed E-state index contributed by atoms with van der Waals surface area (Å²) in [5, 5.41) is 20.8. The highest BCUT2D eigenvalue weighted by Crippen LogP contribution is 2.28. The van der Waals surface area contributed by atoms with Gasteiger partial charge in [0.15, 0.2) is 0 Å². The molecule has 5 heteroatoms. The Balaban J connectivity index is 2.48. The largest absolute Gasteiger partial charge is 0.394 e. The normalized spacial score (nSPS) is 20.0. The first kappa shape index (κ1) is 14.4. The first-order valence-electron chi connectivity index (χ1n) is 6.25. The molecule has 0 heterocycles. The smallest absolute Gasteiger partial charge is 0.222 e. The average molecular weight is 244 g/mol. The van der Waals surface area contributed by atoms with Gasteiger partial charge in [0, 0.05) is 12.0 Å². The van der Waals surface area contributed by atoms with Gasteiger partial charge in [-0.2, -0.15) is 0 Å². The number of aliphatic hydroxyl groups excluding tert-OH is 2. The maximum atomic E-state index is 11.8. The summed E-state index contributed by atoms with van der Waals surface area (Å²) in [5.74, 6) is -0.194. The van der Waals surface area contributed by atoms with Crippen molar-refractivity contribution in [1.29, 1.82) is 0 Å². The van der Waals surface area contributed by atoms with Crippen molar-refractivity contribution in [3.63, 3.8) is 0 Å². The van der Waals surface area contributed by atoms with Gasteiger partial charge >= 0.3 is 0 Å². The number of carbonyl (C=O) groups is 1. The van der Waals surface area contributed by atoms with Crippen LogP contribution < -0.4 is 11.1 Å². The van der Waals surface area contributed by atoms with Crippen LogP contribution in [0.25, 0.3) is 0 Å². The van der Waals surface area contributed by atoms with Crippen LogP contribution in [0, 0.1) is 0 Å². The Kier molecular flexibility index (Phi) is 4.91. The molecule has 17 heavy (non-hydrogen) atoms. The number of rotatable bonds is 5. The quantitative estimate of drug-likeness (QED) is 0.543. The molecule has 5 nitrogen and oxygen atoms in total. The van der Waals surface area contributed by atoms with Crippen molar-refractivity contribution >= 4 is 5.91 Å². The van der Waals surface area contributed by atoms with Crippen LogP contribution in [0.15, 0.2) is 0 Å². The molecule has 0 atom stereocenters. The van der Waals surface area contributed by atoms with E-state index in [9.17, 15) is 4.79 Å². The summed E-state index contributed by atoms with van der Waals surface area (Å²) in [7, 11) is 0. The molecule has 100 valence electrons. The average Bonchev–Trinajstić information content (AvgIpc) is 2.29. The van der Waals surface area contributed by atoms with E-state index >= 15 is 0 Å². The number of hydrogen-bond acceptors (Lipinski definition) is 4. The summed E-state index contributed by atoms with van der Waals surface area (Å²) in [6.07, 6.45) is 5.33. The monoisotopic (exact) mass is 244 g/mol. The molecule has 5 N–H and O–H groups in total. The molecule has 1 saturated carbocycles. The molecular weight excluding hydrogens is 220 g/mol. The molecule has 0 aromatic carbocycles. The highest BCUT2D eigenvalue weighted by Gasteiger charge is 2.32. The zero-order valence-corrected chi connectivity index (χ0v) is 10.5. The second-order valence-corrected chi connectivity index (χ2v) is 5.52. The Hall–Kier alpha value is -0.650. The van der Waals surface area contributed by atoms with Crippen LogP contribution in [0.1, 0.15) is 45.4 Å². The predicted molar refractivity (Wildman–Crippen MR) is 65.3 cm³/mol. The van der Waals surface area contributed by atoms with Gasteiger partial charge in [0.1, 0.15) is 0 Å². The Labute approximate surface area is 102 Å². The van der Waals surface area contributed by atoms with E-state index in [-0.39, 0.29) is 25.5 Å². The fourth-order valence-electron chi connectivity index (χ4n) is 2.26. The lowest BCUT2D eigenvalue weighted by Crippen LogP contribution is -2.55. The summed E-state index contributed by atoms with van der Waals surface area (Å²) < 4.78 is 0. The van der Waals surface area contributed by atoms with Crippen LogP contribution in [0.5, 0.6) is 0 Å². The summed E-state index contributed by atoms with van der Waals surface area (Å²) in [4.78, 5) is 11.8. The number of nitrogens with two attached hydrogens (primary N) is 1. The van der Waals surface area contributed by atoms with Crippen molar-refractivity contribution in [2.75, 3.05) is 13.2 Å². The van der Waals surface area contributed by atoms with Crippen molar-refractivity contribution in [3.05, 3.63) is 0 Å². The van der Waals surface area contributed by atoms with E-state index in [2.05, 4.69) is 5.32 Å². The summed E-state index contributed by atoms with van der Waals surface area (Å²) in [6.45, 7) is 1.04. The van der Waals surface area contributed by atoms with Crippen molar-refractivity contribution in [2.45, 2.75) is 56.5 Å². The van der Waals surface area contributed by atoms with E-state index in [0.29, 0.717) is 0 Å². The van der Waals surface area contributed by atoms with Crippen molar-refractivity contribution in [3.8, 4) is 0 Å². The predicted octanol–water partition coefficient (Wildman–Crippen LogP) is -0.102. The second-order valence-electron chi connectivity index (χ2n) is 5.52. The molecule has 1 fully saturated rings. The molecule has 0 radical (unpaired) electrons. The number of aliphatic hydroxyl groups is 2. The topological polar surface area (TPSA) is 95.6 Å². The minimum atomic E-state index is -0.956. The van der Waals surface area contributed by atoms with E-state index in [0.717, 1.165) is 25.7 Å². The second kappa shape index (κ2) is 5.80. The molecule has 1 aliphatic carbocycles. The first-order valence-corrected chi connectivity index (χ1v) is 6.25.